The minimum Gasteiger partial charge on any atom is -0.460 e. The maximum atomic E-state index is 11.4. The zero-order valence-electron chi connectivity index (χ0n) is 10.1. The fraction of sp³-hybridized carbons (Fsp3) is 0.700. The third-order valence-electron chi connectivity index (χ3n) is 1.83. The molecule has 0 saturated heterocycles. The van der Waals surface area contributed by atoms with E-state index in [1.54, 1.807) is 27.8 Å². The van der Waals surface area contributed by atoms with Gasteiger partial charge in [0.25, 0.3) is 0 Å². The Balaban J connectivity index is 2.50. The number of rotatable bonds is 3. The highest BCUT2D eigenvalue weighted by Gasteiger charge is 2.16. The van der Waals surface area contributed by atoms with E-state index >= 15 is 0 Å². The molecule has 1 aromatic rings. The fourth-order valence-corrected chi connectivity index (χ4v) is 1.16. The lowest BCUT2D eigenvalue weighted by molar-refractivity contribution is -0.155. The zero-order chi connectivity index (χ0) is 12.3. The van der Waals surface area contributed by atoms with Crippen LogP contribution in [0.25, 0.3) is 0 Å². The van der Waals surface area contributed by atoms with Crippen molar-refractivity contribution in [3.63, 3.8) is 0 Å². The second-order valence-electron chi connectivity index (χ2n) is 4.58. The van der Waals surface area contributed by atoms with E-state index in [0.29, 0.717) is 0 Å². The summed E-state index contributed by atoms with van der Waals surface area (Å²) < 4.78 is 7.71. The normalized spacial score (nSPS) is 11.5. The van der Waals surface area contributed by atoms with Crippen molar-refractivity contribution in [3.05, 3.63) is 16.8 Å². The summed E-state index contributed by atoms with van der Waals surface area (Å²) in [5.41, 5.74) is -0.727. The van der Waals surface area contributed by atoms with Gasteiger partial charge in [-0.15, -0.1) is 0 Å². The van der Waals surface area contributed by atoms with Gasteiger partial charge in [-0.1, -0.05) is 0 Å². The van der Waals surface area contributed by atoms with E-state index in [0.717, 1.165) is 0 Å². The maximum Gasteiger partial charge on any atom is 0.345 e. The van der Waals surface area contributed by atoms with Crippen LogP contribution in [0, 0.1) is 0 Å². The van der Waals surface area contributed by atoms with Crippen LogP contribution in [0.5, 0.6) is 0 Å². The summed E-state index contributed by atoms with van der Waals surface area (Å²) in [7, 11) is 1.61. The Hall–Kier alpha value is -1.59. The molecule has 0 aliphatic rings. The Morgan fingerprint density at radius 2 is 2.12 bits per heavy atom. The summed E-state index contributed by atoms with van der Waals surface area (Å²) in [4.78, 5) is 22.8. The Morgan fingerprint density at radius 3 is 2.56 bits per heavy atom. The van der Waals surface area contributed by atoms with Gasteiger partial charge >= 0.3 is 11.7 Å². The van der Waals surface area contributed by atoms with E-state index in [9.17, 15) is 9.59 Å². The number of carbonyl (C=O) groups excluding carboxylic acids is 1. The summed E-state index contributed by atoms with van der Waals surface area (Å²) in [6.07, 6.45) is 1.56. The van der Waals surface area contributed by atoms with Gasteiger partial charge in [0, 0.05) is 7.05 Å². The molecule has 0 aliphatic heterocycles. The molecule has 1 aromatic heterocycles. The molecule has 1 heterocycles. The number of hydrogen-bond acceptors (Lipinski definition) is 4. The molecule has 0 amide bonds. The Kier molecular flexibility index (Phi) is 3.51. The number of aromatic nitrogens is 3. The Morgan fingerprint density at radius 1 is 1.50 bits per heavy atom. The highest BCUT2D eigenvalue weighted by molar-refractivity contribution is 5.69. The van der Waals surface area contributed by atoms with Crippen LogP contribution in [-0.4, -0.2) is 25.9 Å². The monoisotopic (exact) mass is 227 g/mol. The van der Waals surface area contributed by atoms with Crippen LogP contribution in [0.15, 0.2) is 11.1 Å². The lowest BCUT2D eigenvalue weighted by atomic mass is 10.2. The van der Waals surface area contributed by atoms with Gasteiger partial charge in [0.15, 0.2) is 0 Å². The molecule has 0 bridgehead atoms. The molecule has 6 nitrogen and oxygen atoms in total. The first kappa shape index (κ1) is 12.5. The van der Waals surface area contributed by atoms with Gasteiger partial charge in [-0.25, -0.2) is 9.48 Å². The molecule has 0 saturated carbocycles. The molecular weight excluding hydrogens is 210 g/mol. The van der Waals surface area contributed by atoms with Crippen LogP contribution >= 0.6 is 0 Å². The average molecular weight is 227 g/mol. The Bertz CT molecular complexity index is 425. The molecule has 0 aromatic carbocycles. The number of hydrogen-bond donors (Lipinski definition) is 0. The molecule has 90 valence electrons. The van der Waals surface area contributed by atoms with E-state index in [4.69, 9.17) is 4.74 Å². The van der Waals surface area contributed by atoms with Crippen molar-refractivity contribution < 1.29 is 9.53 Å². The molecule has 16 heavy (non-hydrogen) atoms. The fourth-order valence-electron chi connectivity index (χ4n) is 1.16. The lowest BCUT2D eigenvalue weighted by Gasteiger charge is -2.19. The number of esters is 1. The SMILES string of the molecule is Cn1cnn(CCC(=O)OC(C)(C)C)c1=O. The van der Waals surface area contributed by atoms with E-state index < -0.39 is 5.60 Å². The van der Waals surface area contributed by atoms with E-state index in [1.807, 2.05) is 0 Å². The quantitative estimate of drug-likeness (QED) is 0.697. The first-order valence-corrected chi connectivity index (χ1v) is 5.10. The second kappa shape index (κ2) is 4.51. The second-order valence-corrected chi connectivity index (χ2v) is 4.58. The maximum absolute atomic E-state index is 11.4. The van der Waals surface area contributed by atoms with Crippen molar-refractivity contribution in [3.8, 4) is 0 Å². The van der Waals surface area contributed by atoms with Crippen molar-refractivity contribution in [1.82, 2.24) is 14.3 Å². The number of nitrogens with zero attached hydrogens (tertiary/aromatic N) is 3. The van der Waals surface area contributed by atoms with Crippen molar-refractivity contribution in [2.75, 3.05) is 0 Å². The number of carbonyl (C=O) groups is 1. The molecule has 0 radical (unpaired) electrons. The largest absolute Gasteiger partial charge is 0.460 e. The average Bonchev–Trinajstić information content (AvgIpc) is 2.42. The van der Waals surface area contributed by atoms with E-state index in [1.165, 1.54) is 15.6 Å². The topological polar surface area (TPSA) is 66.1 Å². The minimum atomic E-state index is -0.494. The molecule has 0 N–H and O–H groups in total. The predicted molar refractivity (Wildman–Crippen MR) is 57.9 cm³/mol. The predicted octanol–water partition coefficient (Wildman–Crippen LogP) is 0.314. The van der Waals surface area contributed by atoms with Crippen LogP contribution in [0.1, 0.15) is 27.2 Å². The van der Waals surface area contributed by atoms with Gasteiger partial charge in [0.05, 0.1) is 13.0 Å². The van der Waals surface area contributed by atoms with Gasteiger partial charge in [-0.2, -0.15) is 5.10 Å². The van der Waals surface area contributed by atoms with Gasteiger partial charge in [-0.05, 0) is 20.8 Å². The summed E-state index contributed by atoms with van der Waals surface area (Å²) >= 11 is 0. The van der Waals surface area contributed by atoms with Gasteiger partial charge in [0.2, 0.25) is 0 Å². The van der Waals surface area contributed by atoms with Crippen molar-refractivity contribution in [2.45, 2.75) is 39.3 Å². The van der Waals surface area contributed by atoms with Crippen molar-refractivity contribution >= 4 is 5.97 Å². The molecular formula is C10H17N3O3. The van der Waals surface area contributed by atoms with Crippen LogP contribution in [0.3, 0.4) is 0 Å². The molecule has 0 atom stereocenters. The van der Waals surface area contributed by atoms with Gasteiger partial charge in [0.1, 0.15) is 11.9 Å². The molecule has 1 rings (SSSR count). The van der Waals surface area contributed by atoms with Crippen LogP contribution < -0.4 is 5.69 Å². The third kappa shape index (κ3) is 3.52. The van der Waals surface area contributed by atoms with E-state index in [2.05, 4.69) is 5.10 Å². The van der Waals surface area contributed by atoms with Crippen LogP contribution in [0.4, 0.5) is 0 Å². The summed E-state index contributed by atoms with van der Waals surface area (Å²) in [6.45, 7) is 5.65. The van der Waals surface area contributed by atoms with Crippen LogP contribution in [-0.2, 0) is 23.1 Å². The zero-order valence-corrected chi connectivity index (χ0v) is 10.1. The summed E-state index contributed by atoms with van der Waals surface area (Å²) in [6, 6.07) is 0. The molecule has 0 fully saturated rings. The number of ether oxygens (including phenoxy) is 1. The first-order chi connectivity index (χ1) is 7.29. The molecule has 0 spiro atoms. The summed E-state index contributed by atoms with van der Waals surface area (Å²) in [5.74, 6) is -0.329. The van der Waals surface area contributed by atoms with E-state index in [-0.39, 0.29) is 24.6 Å². The minimum absolute atomic E-state index is 0.147. The van der Waals surface area contributed by atoms with Crippen molar-refractivity contribution in [2.24, 2.45) is 7.05 Å². The first-order valence-electron chi connectivity index (χ1n) is 5.10. The third-order valence-corrected chi connectivity index (χ3v) is 1.83. The summed E-state index contributed by atoms with van der Waals surface area (Å²) in [5, 5.41) is 3.84. The van der Waals surface area contributed by atoms with Gasteiger partial charge < -0.3 is 4.74 Å². The lowest BCUT2D eigenvalue weighted by Crippen LogP contribution is -2.27. The molecule has 0 aliphatic carbocycles. The highest BCUT2D eigenvalue weighted by Crippen LogP contribution is 2.08. The molecule has 6 heteroatoms. The standard InChI is InChI=1S/C10H17N3O3/c1-10(2,3)16-8(14)5-6-13-9(15)12(4)7-11-13/h7H,5-6H2,1-4H3. The van der Waals surface area contributed by atoms with Crippen molar-refractivity contribution in [1.29, 1.82) is 0 Å². The number of aryl methyl sites for hydroxylation is 2. The Labute approximate surface area is 93.8 Å². The van der Waals surface area contributed by atoms with Gasteiger partial charge in [-0.3, -0.25) is 9.36 Å². The highest BCUT2D eigenvalue weighted by atomic mass is 16.6. The molecule has 0 unspecified atom stereocenters. The van der Waals surface area contributed by atoms with Crippen LogP contribution in [0.2, 0.25) is 0 Å². The smallest absolute Gasteiger partial charge is 0.345 e.